The Kier molecular flexibility index (Phi) is 2.85. The molecule has 3 aromatic heterocycles. The lowest BCUT2D eigenvalue weighted by Gasteiger charge is -1.97. The molecule has 0 aliphatic rings. The van der Waals surface area contributed by atoms with Crippen LogP contribution in [0.15, 0.2) is 39.5 Å². The van der Waals surface area contributed by atoms with E-state index < -0.39 is 5.91 Å². The molecule has 6 nitrogen and oxygen atoms in total. The summed E-state index contributed by atoms with van der Waals surface area (Å²) in [5.74, 6) is 0.239. The van der Waals surface area contributed by atoms with Gasteiger partial charge in [-0.25, -0.2) is 4.98 Å². The van der Waals surface area contributed by atoms with Gasteiger partial charge >= 0.3 is 0 Å². The van der Waals surface area contributed by atoms with Crippen molar-refractivity contribution < 1.29 is 9.21 Å². The monoisotopic (exact) mass is 325 g/mol. The number of carbonyl (C=O) groups excluding carboxylic acids is 1. The van der Waals surface area contributed by atoms with Gasteiger partial charge in [-0.3, -0.25) is 9.59 Å². The standard InChI is InChI=1S/C16H11N3O3S/c1-7-11-15(21)18-14(19-16(11)23-12(7)13(17)20)10-6-8-4-2-3-5-9(8)22-10/h2-6H,1H3,(H2,17,20)(H,18,19,21). The predicted octanol–water partition coefficient (Wildman–Crippen LogP) is 2.81. The van der Waals surface area contributed by atoms with Gasteiger partial charge in [-0.1, -0.05) is 18.2 Å². The molecule has 0 fully saturated rings. The fraction of sp³-hybridized carbons (Fsp3) is 0.0625. The van der Waals surface area contributed by atoms with Crippen molar-refractivity contribution in [3.63, 3.8) is 0 Å². The molecule has 3 N–H and O–H groups in total. The number of hydrogen-bond donors (Lipinski definition) is 2. The van der Waals surface area contributed by atoms with Crippen LogP contribution in [0.4, 0.5) is 0 Å². The van der Waals surface area contributed by atoms with E-state index in [9.17, 15) is 9.59 Å². The predicted molar refractivity (Wildman–Crippen MR) is 88.7 cm³/mol. The zero-order valence-electron chi connectivity index (χ0n) is 12.0. The number of fused-ring (bicyclic) bond motifs is 2. The molecule has 3 heterocycles. The number of primary amides is 1. The van der Waals surface area contributed by atoms with Gasteiger partial charge in [0.2, 0.25) is 0 Å². The largest absolute Gasteiger partial charge is 0.453 e. The lowest BCUT2D eigenvalue weighted by molar-refractivity contribution is 0.100. The Balaban J connectivity index is 1.98. The second-order valence-corrected chi connectivity index (χ2v) is 6.16. The Labute approximate surface area is 133 Å². The molecule has 0 aliphatic carbocycles. The van der Waals surface area contributed by atoms with Crippen molar-refractivity contribution in [1.29, 1.82) is 0 Å². The Morgan fingerprint density at radius 3 is 2.87 bits per heavy atom. The third-order valence-corrected chi connectivity index (χ3v) is 4.88. The van der Waals surface area contributed by atoms with Crippen molar-refractivity contribution in [2.24, 2.45) is 5.73 Å². The van der Waals surface area contributed by atoms with Crippen LogP contribution in [0, 0.1) is 6.92 Å². The molecule has 1 amide bonds. The number of aromatic nitrogens is 2. The van der Waals surface area contributed by atoms with E-state index in [1.165, 1.54) is 0 Å². The molecule has 0 aliphatic heterocycles. The van der Waals surface area contributed by atoms with Gasteiger partial charge in [0.05, 0.1) is 10.3 Å². The van der Waals surface area contributed by atoms with Gasteiger partial charge in [0.25, 0.3) is 11.5 Å². The molecule has 0 bridgehead atoms. The number of amides is 1. The van der Waals surface area contributed by atoms with Gasteiger partial charge in [0.1, 0.15) is 10.4 Å². The lowest BCUT2D eigenvalue weighted by Crippen LogP contribution is -2.12. The van der Waals surface area contributed by atoms with Gasteiger partial charge in [-0.15, -0.1) is 11.3 Å². The number of nitrogens with two attached hydrogens (primary N) is 1. The maximum Gasteiger partial charge on any atom is 0.260 e. The molecular formula is C16H11N3O3S. The number of nitrogens with zero attached hydrogens (tertiary/aromatic N) is 1. The van der Waals surface area contributed by atoms with E-state index in [-0.39, 0.29) is 5.56 Å². The van der Waals surface area contributed by atoms with E-state index in [2.05, 4.69) is 9.97 Å². The van der Waals surface area contributed by atoms with Crippen LogP contribution in [0.5, 0.6) is 0 Å². The number of thiophene rings is 1. The van der Waals surface area contributed by atoms with Crippen molar-refractivity contribution >= 4 is 38.4 Å². The van der Waals surface area contributed by atoms with Crippen molar-refractivity contribution in [2.75, 3.05) is 0 Å². The number of furan rings is 1. The summed E-state index contributed by atoms with van der Waals surface area (Å²) in [6, 6.07) is 9.35. The number of hydrogen-bond acceptors (Lipinski definition) is 5. The molecule has 4 rings (SSSR count). The third-order valence-electron chi connectivity index (χ3n) is 3.68. The SMILES string of the molecule is Cc1c(C(N)=O)sc2nc(-c3cc4ccccc4o3)[nH]c(=O)c12. The van der Waals surface area contributed by atoms with Crippen molar-refractivity contribution in [3.05, 3.63) is 51.1 Å². The second-order valence-electron chi connectivity index (χ2n) is 5.16. The van der Waals surface area contributed by atoms with Crippen LogP contribution in [0.3, 0.4) is 0 Å². The first-order valence-corrected chi connectivity index (χ1v) is 7.68. The number of nitrogens with one attached hydrogen (secondary N) is 1. The van der Waals surface area contributed by atoms with E-state index in [1.54, 1.807) is 6.92 Å². The van der Waals surface area contributed by atoms with Crippen LogP contribution in [-0.4, -0.2) is 15.9 Å². The molecule has 114 valence electrons. The van der Waals surface area contributed by atoms with Crippen LogP contribution in [-0.2, 0) is 0 Å². The number of aromatic amines is 1. The number of aryl methyl sites for hydroxylation is 1. The normalized spacial score (nSPS) is 11.3. The summed E-state index contributed by atoms with van der Waals surface area (Å²) < 4.78 is 5.72. The molecule has 0 atom stereocenters. The highest BCUT2D eigenvalue weighted by atomic mass is 32.1. The van der Waals surface area contributed by atoms with Crippen LogP contribution in [0.25, 0.3) is 32.8 Å². The zero-order valence-corrected chi connectivity index (χ0v) is 12.9. The average molecular weight is 325 g/mol. The third kappa shape index (κ3) is 2.05. The van der Waals surface area contributed by atoms with E-state index >= 15 is 0 Å². The van der Waals surface area contributed by atoms with E-state index in [1.807, 2.05) is 30.3 Å². The first-order chi connectivity index (χ1) is 11.0. The highest BCUT2D eigenvalue weighted by molar-refractivity contribution is 7.20. The number of para-hydroxylation sites is 1. The summed E-state index contributed by atoms with van der Waals surface area (Å²) >= 11 is 1.11. The maximum absolute atomic E-state index is 12.4. The number of H-pyrrole nitrogens is 1. The smallest absolute Gasteiger partial charge is 0.260 e. The molecule has 23 heavy (non-hydrogen) atoms. The van der Waals surface area contributed by atoms with Crippen molar-refractivity contribution in [2.45, 2.75) is 6.92 Å². The van der Waals surface area contributed by atoms with Gasteiger partial charge in [0.15, 0.2) is 11.6 Å². The molecule has 0 spiro atoms. The highest BCUT2D eigenvalue weighted by Crippen LogP contribution is 2.30. The summed E-state index contributed by atoms with van der Waals surface area (Å²) in [5.41, 5.74) is 6.30. The second kappa shape index (κ2) is 4.79. The molecular weight excluding hydrogens is 314 g/mol. The minimum atomic E-state index is -0.560. The Morgan fingerprint density at radius 2 is 2.13 bits per heavy atom. The minimum absolute atomic E-state index is 0.313. The Morgan fingerprint density at radius 1 is 1.35 bits per heavy atom. The molecule has 4 aromatic rings. The van der Waals surface area contributed by atoms with Gasteiger partial charge < -0.3 is 15.1 Å². The zero-order chi connectivity index (χ0) is 16.1. The highest BCUT2D eigenvalue weighted by Gasteiger charge is 2.18. The Hall–Kier alpha value is -2.93. The number of benzene rings is 1. The molecule has 0 saturated carbocycles. The number of carbonyl (C=O) groups is 1. The molecule has 7 heteroatoms. The topological polar surface area (TPSA) is 102 Å². The van der Waals surface area contributed by atoms with Gasteiger partial charge in [0, 0.05) is 5.39 Å². The first kappa shape index (κ1) is 13.7. The summed E-state index contributed by atoms with van der Waals surface area (Å²) in [6.07, 6.45) is 0. The van der Waals surface area contributed by atoms with Crippen LogP contribution in [0.1, 0.15) is 15.2 Å². The van der Waals surface area contributed by atoms with Crippen molar-refractivity contribution in [3.8, 4) is 11.6 Å². The van der Waals surface area contributed by atoms with Crippen molar-refractivity contribution in [1.82, 2.24) is 9.97 Å². The summed E-state index contributed by atoms with van der Waals surface area (Å²) in [5, 5.41) is 1.31. The summed E-state index contributed by atoms with van der Waals surface area (Å²) in [4.78, 5) is 31.8. The van der Waals surface area contributed by atoms with Gasteiger partial charge in [-0.05, 0) is 24.6 Å². The minimum Gasteiger partial charge on any atom is -0.453 e. The first-order valence-electron chi connectivity index (χ1n) is 6.87. The van der Waals surface area contributed by atoms with Crippen LogP contribution >= 0.6 is 11.3 Å². The fourth-order valence-electron chi connectivity index (χ4n) is 2.59. The van der Waals surface area contributed by atoms with Crippen LogP contribution < -0.4 is 11.3 Å². The van der Waals surface area contributed by atoms with E-state index in [0.29, 0.717) is 37.8 Å². The Bertz CT molecular complexity index is 1100. The number of rotatable bonds is 2. The van der Waals surface area contributed by atoms with E-state index in [4.69, 9.17) is 10.2 Å². The molecule has 0 radical (unpaired) electrons. The molecule has 1 aromatic carbocycles. The fourth-order valence-corrected chi connectivity index (χ4v) is 3.63. The molecule has 0 saturated heterocycles. The lowest BCUT2D eigenvalue weighted by atomic mass is 10.2. The maximum atomic E-state index is 12.4. The van der Waals surface area contributed by atoms with Gasteiger partial charge in [-0.2, -0.15) is 0 Å². The average Bonchev–Trinajstić information content (AvgIpc) is 3.08. The van der Waals surface area contributed by atoms with Crippen LogP contribution in [0.2, 0.25) is 0 Å². The van der Waals surface area contributed by atoms with E-state index in [0.717, 1.165) is 16.7 Å². The summed E-state index contributed by atoms with van der Waals surface area (Å²) in [7, 11) is 0. The summed E-state index contributed by atoms with van der Waals surface area (Å²) in [6.45, 7) is 1.69. The quantitative estimate of drug-likeness (QED) is 0.591. The molecule has 0 unspecified atom stereocenters.